The van der Waals surface area contributed by atoms with Crippen LogP contribution in [0, 0.1) is 13.8 Å². The quantitative estimate of drug-likeness (QED) is 0.788. The third-order valence-corrected chi connectivity index (χ3v) is 2.69. The van der Waals surface area contributed by atoms with E-state index in [1.807, 2.05) is 19.1 Å². The van der Waals surface area contributed by atoms with Crippen LogP contribution in [0.2, 0.25) is 0 Å². The van der Waals surface area contributed by atoms with Gasteiger partial charge in [-0.15, -0.1) is 0 Å². The molecule has 0 bridgehead atoms. The first-order chi connectivity index (χ1) is 6.74. The predicted molar refractivity (Wildman–Crippen MR) is 58.4 cm³/mol. The maximum Gasteiger partial charge on any atom is 0.134 e. The van der Waals surface area contributed by atoms with Gasteiger partial charge in [0.05, 0.1) is 0 Å². The summed E-state index contributed by atoms with van der Waals surface area (Å²) in [4.78, 5) is 0. The summed E-state index contributed by atoms with van der Waals surface area (Å²) in [6.45, 7) is 4.78. The summed E-state index contributed by atoms with van der Waals surface area (Å²) in [5.74, 6) is 1.00. The average molecular weight is 189 g/mol. The molecule has 74 valence electrons. The molecule has 2 heteroatoms. The molecule has 2 nitrogen and oxygen atoms in total. The summed E-state index contributed by atoms with van der Waals surface area (Å²) < 4.78 is 5.64. The van der Waals surface area contributed by atoms with Crippen LogP contribution in [0.4, 0.5) is 0 Å². The predicted octanol–water partition coefficient (Wildman–Crippen LogP) is 2.55. The Morgan fingerprint density at radius 3 is 2.79 bits per heavy atom. The minimum atomic E-state index is 0.683. The van der Waals surface area contributed by atoms with E-state index < -0.39 is 0 Å². The van der Waals surface area contributed by atoms with Crippen LogP contribution in [-0.2, 0) is 6.42 Å². The first-order valence-corrected chi connectivity index (χ1v) is 4.91. The second-order valence-corrected chi connectivity index (χ2v) is 3.61. The van der Waals surface area contributed by atoms with Crippen molar-refractivity contribution in [1.29, 1.82) is 0 Å². The Morgan fingerprint density at radius 1 is 1.29 bits per heavy atom. The van der Waals surface area contributed by atoms with Crippen LogP contribution in [0.1, 0.15) is 16.9 Å². The Kier molecular flexibility index (Phi) is 2.30. The molecule has 2 aromatic rings. The van der Waals surface area contributed by atoms with Crippen molar-refractivity contribution in [1.82, 2.24) is 0 Å². The van der Waals surface area contributed by atoms with E-state index in [4.69, 9.17) is 10.2 Å². The molecule has 0 aliphatic heterocycles. The first-order valence-electron chi connectivity index (χ1n) is 4.91. The largest absolute Gasteiger partial charge is 0.461 e. The van der Waals surface area contributed by atoms with Gasteiger partial charge >= 0.3 is 0 Å². The van der Waals surface area contributed by atoms with Gasteiger partial charge in [0.15, 0.2) is 0 Å². The van der Waals surface area contributed by atoms with E-state index in [0.717, 1.165) is 17.8 Å². The van der Waals surface area contributed by atoms with E-state index in [9.17, 15) is 0 Å². The Labute approximate surface area is 83.7 Å². The van der Waals surface area contributed by atoms with Crippen molar-refractivity contribution in [2.24, 2.45) is 5.73 Å². The molecule has 0 amide bonds. The zero-order valence-corrected chi connectivity index (χ0v) is 8.63. The fourth-order valence-corrected chi connectivity index (χ4v) is 1.87. The SMILES string of the molecule is Cc1oc2cccc(CCN)c2c1C. The second-order valence-electron chi connectivity index (χ2n) is 3.61. The monoisotopic (exact) mass is 189 g/mol. The molecular weight excluding hydrogens is 174 g/mol. The number of fused-ring (bicyclic) bond motifs is 1. The molecule has 0 saturated heterocycles. The Morgan fingerprint density at radius 2 is 2.07 bits per heavy atom. The van der Waals surface area contributed by atoms with Gasteiger partial charge < -0.3 is 10.2 Å². The van der Waals surface area contributed by atoms with E-state index in [1.54, 1.807) is 0 Å². The Balaban J connectivity index is 2.71. The summed E-state index contributed by atoms with van der Waals surface area (Å²) in [5.41, 5.74) is 9.09. The molecule has 0 aliphatic carbocycles. The normalized spacial score (nSPS) is 11.1. The van der Waals surface area contributed by atoms with Crippen LogP contribution in [0.15, 0.2) is 22.6 Å². The zero-order chi connectivity index (χ0) is 10.1. The van der Waals surface area contributed by atoms with Crippen molar-refractivity contribution in [2.75, 3.05) is 6.54 Å². The van der Waals surface area contributed by atoms with Crippen molar-refractivity contribution < 1.29 is 4.42 Å². The zero-order valence-electron chi connectivity index (χ0n) is 8.63. The molecule has 1 aromatic heterocycles. The lowest BCUT2D eigenvalue weighted by atomic mass is 10.0. The lowest BCUT2D eigenvalue weighted by Gasteiger charge is -2.00. The van der Waals surface area contributed by atoms with Crippen molar-refractivity contribution in [2.45, 2.75) is 20.3 Å². The number of hydrogen-bond donors (Lipinski definition) is 1. The lowest BCUT2D eigenvalue weighted by Crippen LogP contribution is -2.02. The summed E-state index contributed by atoms with van der Waals surface area (Å²) in [6.07, 6.45) is 0.914. The van der Waals surface area contributed by atoms with E-state index >= 15 is 0 Å². The molecule has 0 aliphatic rings. The minimum Gasteiger partial charge on any atom is -0.461 e. The second kappa shape index (κ2) is 3.46. The van der Waals surface area contributed by atoms with Gasteiger partial charge in [0, 0.05) is 5.39 Å². The maximum absolute atomic E-state index is 5.64. The van der Waals surface area contributed by atoms with Gasteiger partial charge in [-0.2, -0.15) is 0 Å². The van der Waals surface area contributed by atoms with E-state index in [0.29, 0.717) is 6.54 Å². The van der Waals surface area contributed by atoms with Crippen molar-refractivity contribution in [3.63, 3.8) is 0 Å². The average Bonchev–Trinajstić information content (AvgIpc) is 2.45. The molecule has 0 atom stereocenters. The summed E-state index contributed by atoms with van der Waals surface area (Å²) >= 11 is 0. The summed E-state index contributed by atoms with van der Waals surface area (Å²) in [7, 11) is 0. The van der Waals surface area contributed by atoms with Gasteiger partial charge in [0.1, 0.15) is 11.3 Å². The van der Waals surface area contributed by atoms with E-state index in [2.05, 4.69) is 13.0 Å². The van der Waals surface area contributed by atoms with Crippen LogP contribution in [0.3, 0.4) is 0 Å². The highest BCUT2D eigenvalue weighted by atomic mass is 16.3. The number of rotatable bonds is 2. The topological polar surface area (TPSA) is 39.2 Å². The first kappa shape index (κ1) is 9.28. The molecule has 14 heavy (non-hydrogen) atoms. The van der Waals surface area contributed by atoms with Crippen molar-refractivity contribution in [3.05, 3.63) is 35.1 Å². The van der Waals surface area contributed by atoms with Crippen molar-refractivity contribution in [3.8, 4) is 0 Å². The van der Waals surface area contributed by atoms with Crippen LogP contribution in [0.25, 0.3) is 11.0 Å². The molecule has 0 fully saturated rings. The lowest BCUT2D eigenvalue weighted by molar-refractivity contribution is 0.575. The van der Waals surface area contributed by atoms with Crippen molar-refractivity contribution >= 4 is 11.0 Å². The number of aryl methyl sites for hydroxylation is 2. The molecule has 0 radical (unpaired) electrons. The smallest absolute Gasteiger partial charge is 0.134 e. The molecule has 2 N–H and O–H groups in total. The molecular formula is C12H15NO. The number of benzene rings is 1. The van der Waals surface area contributed by atoms with E-state index in [1.165, 1.54) is 16.5 Å². The molecule has 0 saturated carbocycles. The molecule has 2 rings (SSSR count). The highest BCUT2D eigenvalue weighted by Gasteiger charge is 2.09. The summed E-state index contributed by atoms with van der Waals surface area (Å²) in [6, 6.07) is 6.15. The van der Waals surface area contributed by atoms with E-state index in [-0.39, 0.29) is 0 Å². The standard InChI is InChI=1S/C12H15NO/c1-8-9(2)14-11-5-3-4-10(6-7-13)12(8)11/h3-5H,6-7,13H2,1-2H3. The number of hydrogen-bond acceptors (Lipinski definition) is 2. The van der Waals surface area contributed by atoms with Gasteiger partial charge in [-0.05, 0) is 44.0 Å². The minimum absolute atomic E-state index is 0.683. The highest BCUT2D eigenvalue weighted by molar-refractivity contribution is 5.85. The van der Waals surface area contributed by atoms with Gasteiger partial charge in [-0.1, -0.05) is 12.1 Å². The molecule has 1 heterocycles. The molecule has 1 aromatic carbocycles. The fourth-order valence-electron chi connectivity index (χ4n) is 1.87. The summed E-state index contributed by atoms with van der Waals surface area (Å²) in [5, 5.41) is 1.25. The van der Waals surface area contributed by atoms with Crippen LogP contribution >= 0.6 is 0 Å². The Hall–Kier alpha value is -1.28. The highest BCUT2D eigenvalue weighted by Crippen LogP contribution is 2.27. The van der Waals surface area contributed by atoms with Crippen LogP contribution < -0.4 is 5.73 Å². The molecule has 0 unspecified atom stereocenters. The third kappa shape index (κ3) is 1.32. The van der Waals surface area contributed by atoms with Gasteiger partial charge in [-0.3, -0.25) is 0 Å². The third-order valence-electron chi connectivity index (χ3n) is 2.69. The van der Waals surface area contributed by atoms with Gasteiger partial charge in [0.2, 0.25) is 0 Å². The molecule has 0 spiro atoms. The maximum atomic E-state index is 5.64. The van der Waals surface area contributed by atoms with Crippen LogP contribution in [-0.4, -0.2) is 6.54 Å². The van der Waals surface area contributed by atoms with Gasteiger partial charge in [-0.25, -0.2) is 0 Å². The fraction of sp³-hybridized carbons (Fsp3) is 0.333. The Bertz CT molecular complexity index is 457. The van der Waals surface area contributed by atoms with Crippen LogP contribution in [0.5, 0.6) is 0 Å². The number of nitrogens with two attached hydrogens (primary N) is 1. The van der Waals surface area contributed by atoms with Gasteiger partial charge in [0.25, 0.3) is 0 Å². The number of furan rings is 1.